The van der Waals surface area contributed by atoms with E-state index in [1.807, 2.05) is 0 Å². The summed E-state index contributed by atoms with van der Waals surface area (Å²) < 4.78 is 68.5. The first-order chi connectivity index (χ1) is 48.7. The van der Waals surface area contributed by atoms with E-state index >= 15 is 0 Å². The van der Waals surface area contributed by atoms with E-state index in [2.05, 4.69) is 125 Å². The monoisotopic (exact) mass is 1450 g/mol. The van der Waals surface area contributed by atoms with Gasteiger partial charge in [-0.3, -0.25) is 37.3 Å². The summed E-state index contributed by atoms with van der Waals surface area (Å²) in [5, 5.41) is 10.6. The Balaban J connectivity index is 5.31. The fourth-order valence-corrected chi connectivity index (χ4v) is 12.2. The Morgan fingerprint density at radius 3 is 0.800 bits per heavy atom. The van der Waals surface area contributed by atoms with Crippen LogP contribution in [0, 0.1) is 0 Å². The molecule has 578 valence electrons. The lowest BCUT2D eigenvalue weighted by Crippen LogP contribution is -2.30. The average Bonchev–Trinajstić information content (AvgIpc) is 0.940. The molecule has 0 aromatic carbocycles. The average molecular weight is 1450 g/mol. The van der Waals surface area contributed by atoms with Gasteiger partial charge in [-0.2, -0.15) is 0 Å². The molecule has 0 aliphatic heterocycles. The Kier molecular flexibility index (Phi) is 70.4. The zero-order valence-electron chi connectivity index (χ0n) is 63.1. The van der Waals surface area contributed by atoms with E-state index in [1.165, 1.54) is 89.9 Å². The van der Waals surface area contributed by atoms with Gasteiger partial charge in [0.15, 0.2) is 12.2 Å². The van der Waals surface area contributed by atoms with Gasteiger partial charge in [-0.25, -0.2) is 9.13 Å². The molecule has 0 spiro atoms. The van der Waals surface area contributed by atoms with Gasteiger partial charge in [0.05, 0.1) is 26.4 Å². The second kappa shape index (κ2) is 73.3. The molecule has 0 aliphatic carbocycles. The number of allylic oxidation sites excluding steroid dienone is 16. The van der Waals surface area contributed by atoms with Crippen LogP contribution in [-0.4, -0.2) is 96.7 Å². The Hall–Kier alpha value is -4.02. The van der Waals surface area contributed by atoms with E-state index < -0.39 is 97.5 Å². The quantitative estimate of drug-likeness (QED) is 0.0169. The Morgan fingerprint density at radius 2 is 0.520 bits per heavy atom. The summed E-state index contributed by atoms with van der Waals surface area (Å²) in [5.74, 6) is -2.19. The van der Waals surface area contributed by atoms with Gasteiger partial charge in [-0.05, 0) is 103 Å². The Labute approximate surface area is 607 Å². The molecule has 19 heteroatoms. The minimum Gasteiger partial charge on any atom is -0.462 e. The molecular weight excluding hydrogens is 1310 g/mol. The number of hydrogen-bond acceptors (Lipinski definition) is 15. The summed E-state index contributed by atoms with van der Waals surface area (Å²) in [6, 6.07) is 0. The lowest BCUT2D eigenvalue weighted by molar-refractivity contribution is -0.161. The van der Waals surface area contributed by atoms with Crippen LogP contribution in [0.1, 0.15) is 336 Å². The molecule has 0 fully saturated rings. The van der Waals surface area contributed by atoms with Gasteiger partial charge < -0.3 is 33.8 Å². The molecule has 0 amide bonds. The molecule has 0 saturated carbocycles. The number of hydrogen-bond donors (Lipinski definition) is 3. The van der Waals surface area contributed by atoms with E-state index in [9.17, 15) is 43.2 Å². The van der Waals surface area contributed by atoms with Crippen LogP contribution in [0.25, 0.3) is 0 Å². The summed E-state index contributed by atoms with van der Waals surface area (Å²) in [7, 11) is -9.95. The molecule has 0 aromatic rings. The Morgan fingerprint density at radius 1 is 0.290 bits per heavy atom. The molecule has 0 aliphatic rings. The number of phosphoric acid groups is 2. The predicted molar refractivity (Wildman–Crippen MR) is 409 cm³/mol. The van der Waals surface area contributed by atoms with Crippen LogP contribution < -0.4 is 0 Å². The van der Waals surface area contributed by atoms with Gasteiger partial charge in [0.25, 0.3) is 0 Å². The van der Waals surface area contributed by atoms with Crippen molar-refractivity contribution in [2.45, 2.75) is 354 Å². The molecule has 100 heavy (non-hydrogen) atoms. The number of aliphatic hydroxyl groups is 1. The standard InChI is InChI=1S/C81H142O17P2/c1-5-9-13-17-21-25-29-32-34-36-37-39-41-44-47-50-54-58-62-66-79(84)92-72-77(98-81(86)68-64-60-56-52-48-42-31-27-23-19-15-11-7-3)74-96-100(89,90)94-70-75(82)69-93-99(87,88)95-73-76(97-80(85)67-63-59-55-51-45-28-24-20-16-12-8-4)71-91-78(83)65-61-57-53-49-46-43-40-38-35-33-30-26-22-18-14-10-6-2/h9-10,13-14,21-22,25-26,32-35,37,39-40,43,75-77,82H,5-8,11-12,15-20,23-24,27-31,36,38,41-42,44-74H2,1-4H3,(H,87,88)(H,89,90)/b13-9-,14-10-,25-21-,26-22-,34-32-,35-33-,39-37-,43-40-. The number of unbranched alkanes of at least 4 members (excludes halogenated alkanes) is 32. The van der Waals surface area contributed by atoms with E-state index in [1.54, 1.807) is 0 Å². The molecule has 17 nitrogen and oxygen atoms in total. The topological polar surface area (TPSA) is 237 Å². The molecule has 0 heterocycles. The number of carbonyl (C=O) groups excluding carboxylic acids is 4. The van der Waals surface area contributed by atoms with Crippen molar-refractivity contribution in [3.63, 3.8) is 0 Å². The summed E-state index contributed by atoms with van der Waals surface area (Å²) in [4.78, 5) is 72.9. The fraction of sp³-hybridized carbons (Fsp3) is 0.753. The minimum atomic E-state index is -4.98. The summed E-state index contributed by atoms with van der Waals surface area (Å²) in [6.07, 6.45) is 76.7. The smallest absolute Gasteiger partial charge is 0.462 e. The summed E-state index contributed by atoms with van der Waals surface area (Å²) in [5.41, 5.74) is 0. The second-order valence-corrected chi connectivity index (χ2v) is 29.2. The third kappa shape index (κ3) is 72.3. The van der Waals surface area contributed by atoms with Crippen LogP contribution in [-0.2, 0) is 65.4 Å². The maximum absolute atomic E-state index is 13.1. The van der Waals surface area contributed by atoms with Crippen molar-refractivity contribution in [1.29, 1.82) is 0 Å². The number of phosphoric ester groups is 2. The fourth-order valence-electron chi connectivity index (χ4n) is 10.6. The van der Waals surface area contributed by atoms with Gasteiger partial charge in [0.2, 0.25) is 0 Å². The molecule has 0 aromatic heterocycles. The largest absolute Gasteiger partial charge is 0.472 e. The van der Waals surface area contributed by atoms with E-state index in [0.717, 1.165) is 167 Å². The number of aliphatic hydroxyl groups excluding tert-OH is 1. The van der Waals surface area contributed by atoms with Crippen molar-refractivity contribution >= 4 is 39.5 Å². The number of ether oxygens (including phenoxy) is 4. The molecule has 0 saturated heterocycles. The summed E-state index contributed by atoms with van der Waals surface area (Å²) in [6.45, 7) is 4.64. The van der Waals surface area contributed by atoms with Gasteiger partial charge in [-0.15, -0.1) is 0 Å². The van der Waals surface area contributed by atoms with Crippen LogP contribution in [0.3, 0.4) is 0 Å². The normalized spacial score (nSPS) is 14.4. The third-order valence-corrected chi connectivity index (χ3v) is 18.5. The number of esters is 4. The van der Waals surface area contributed by atoms with Gasteiger partial charge >= 0.3 is 39.5 Å². The number of carbonyl (C=O) groups is 4. The van der Waals surface area contributed by atoms with Crippen LogP contribution in [0.4, 0.5) is 0 Å². The maximum Gasteiger partial charge on any atom is 0.472 e. The van der Waals surface area contributed by atoms with Crippen LogP contribution in [0.5, 0.6) is 0 Å². The van der Waals surface area contributed by atoms with Crippen LogP contribution >= 0.6 is 15.6 Å². The van der Waals surface area contributed by atoms with E-state index in [4.69, 9.17) is 37.0 Å². The minimum absolute atomic E-state index is 0.0922. The van der Waals surface area contributed by atoms with Gasteiger partial charge in [0.1, 0.15) is 19.3 Å². The highest BCUT2D eigenvalue weighted by Gasteiger charge is 2.30. The molecule has 0 rings (SSSR count). The number of rotatable bonds is 74. The lowest BCUT2D eigenvalue weighted by Gasteiger charge is -2.21. The van der Waals surface area contributed by atoms with Crippen molar-refractivity contribution in [2.75, 3.05) is 39.6 Å². The highest BCUT2D eigenvalue weighted by molar-refractivity contribution is 7.47. The third-order valence-electron chi connectivity index (χ3n) is 16.6. The first-order valence-corrected chi connectivity index (χ1v) is 42.5. The highest BCUT2D eigenvalue weighted by atomic mass is 31.2. The molecule has 3 N–H and O–H groups in total. The predicted octanol–water partition coefficient (Wildman–Crippen LogP) is 22.8. The van der Waals surface area contributed by atoms with Gasteiger partial charge in [-0.1, -0.05) is 305 Å². The van der Waals surface area contributed by atoms with Gasteiger partial charge in [0, 0.05) is 25.7 Å². The SMILES string of the molecule is CC/C=C\C/C=C\C/C=C\C/C=C\CCCCCCCCC(=O)OCC(COP(=O)(O)OCC(O)COP(=O)(O)OCC(COC(=O)CCCCCC/C=C\C/C=C\C/C=C\C/C=C\CC)OC(=O)CCCCCCCCCCCCC)OC(=O)CCCCCCCCCCCCCCC. The molecule has 0 radical (unpaired) electrons. The van der Waals surface area contributed by atoms with Crippen molar-refractivity contribution in [3.8, 4) is 0 Å². The van der Waals surface area contributed by atoms with Crippen LogP contribution in [0.2, 0.25) is 0 Å². The Bertz CT molecular complexity index is 2270. The van der Waals surface area contributed by atoms with E-state index in [0.29, 0.717) is 25.7 Å². The zero-order chi connectivity index (χ0) is 73.2. The van der Waals surface area contributed by atoms with E-state index in [-0.39, 0.29) is 25.7 Å². The van der Waals surface area contributed by atoms with Crippen molar-refractivity contribution < 1.29 is 80.2 Å². The maximum atomic E-state index is 13.1. The zero-order valence-corrected chi connectivity index (χ0v) is 64.9. The van der Waals surface area contributed by atoms with Crippen molar-refractivity contribution in [3.05, 3.63) is 97.2 Å². The summed E-state index contributed by atoms with van der Waals surface area (Å²) >= 11 is 0. The first kappa shape index (κ1) is 96.0. The van der Waals surface area contributed by atoms with Crippen molar-refractivity contribution in [2.24, 2.45) is 0 Å². The highest BCUT2D eigenvalue weighted by Crippen LogP contribution is 2.45. The molecule has 5 atom stereocenters. The second-order valence-electron chi connectivity index (χ2n) is 26.3. The molecule has 5 unspecified atom stereocenters. The molecular formula is C81H142O17P2. The first-order valence-electron chi connectivity index (χ1n) is 39.5. The van der Waals surface area contributed by atoms with Crippen LogP contribution in [0.15, 0.2) is 97.2 Å². The molecule has 0 bridgehead atoms. The lowest BCUT2D eigenvalue weighted by atomic mass is 10.0. The van der Waals surface area contributed by atoms with Crippen molar-refractivity contribution in [1.82, 2.24) is 0 Å².